The van der Waals surface area contributed by atoms with E-state index in [0.717, 1.165) is 29.0 Å². The maximum atomic E-state index is 5.59. The highest BCUT2D eigenvalue weighted by Gasteiger charge is 2.39. The largest absolute Gasteiger partial charge is 0.486 e. The molecule has 4 rings (SSSR count). The first-order valence-corrected chi connectivity index (χ1v) is 8.16. The van der Waals surface area contributed by atoms with Gasteiger partial charge < -0.3 is 20.1 Å². The molecule has 5 heteroatoms. The van der Waals surface area contributed by atoms with Gasteiger partial charge in [-0.15, -0.1) is 0 Å². The van der Waals surface area contributed by atoms with E-state index < -0.39 is 0 Å². The third-order valence-corrected chi connectivity index (χ3v) is 5.07. The normalized spacial score (nSPS) is 29.2. The van der Waals surface area contributed by atoms with Crippen LogP contribution in [0.15, 0.2) is 18.2 Å². The van der Waals surface area contributed by atoms with Crippen molar-refractivity contribution in [2.24, 2.45) is 11.8 Å². The monoisotopic (exact) mass is 304 g/mol. The maximum absolute atomic E-state index is 5.59. The van der Waals surface area contributed by atoms with Gasteiger partial charge in [-0.25, -0.2) is 0 Å². The van der Waals surface area contributed by atoms with Gasteiger partial charge in [-0.2, -0.15) is 0 Å². The van der Waals surface area contributed by atoms with Crippen molar-refractivity contribution in [1.82, 2.24) is 5.32 Å². The van der Waals surface area contributed by atoms with Gasteiger partial charge in [-0.1, -0.05) is 6.42 Å². The Hall–Kier alpha value is -1.49. The van der Waals surface area contributed by atoms with Gasteiger partial charge in [0.05, 0.1) is 0 Å². The van der Waals surface area contributed by atoms with E-state index in [9.17, 15) is 0 Å². The summed E-state index contributed by atoms with van der Waals surface area (Å²) in [5.74, 6) is 3.33. The van der Waals surface area contributed by atoms with Gasteiger partial charge in [-0.3, -0.25) is 0 Å². The summed E-state index contributed by atoms with van der Waals surface area (Å²) < 4.78 is 11.1. The molecule has 2 bridgehead atoms. The third-order valence-electron chi connectivity index (χ3n) is 4.85. The molecule has 0 spiro atoms. The van der Waals surface area contributed by atoms with Gasteiger partial charge in [0, 0.05) is 17.8 Å². The van der Waals surface area contributed by atoms with Crippen molar-refractivity contribution in [3.05, 3.63) is 18.2 Å². The molecule has 1 aromatic carbocycles. The number of hydrogen-bond acceptors (Lipinski definition) is 3. The Morgan fingerprint density at radius 1 is 1.10 bits per heavy atom. The lowest BCUT2D eigenvalue weighted by atomic mass is 9.96. The fraction of sp³-hybridized carbons (Fsp3) is 0.562. The Bertz CT molecular complexity index is 563. The topological polar surface area (TPSA) is 42.5 Å². The third kappa shape index (κ3) is 2.67. The van der Waals surface area contributed by atoms with Gasteiger partial charge in [0.15, 0.2) is 16.6 Å². The van der Waals surface area contributed by atoms with Crippen LogP contribution in [-0.2, 0) is 0 Å². The Labute approximate surface area is 130 Å². The molecule has 0 radical (unpaired) electrons. The predicted octanol–water partition coefficient (Wildman–Crippen LogP) is 2.93. The first-order chi connectivity index (χ1) is 10.3. The molecule has 2 N–H and O–H groups in total. The van der Waals surface area contributed by atoms with Crippen LogP contribution < -0.4 is 20.1 Å². The number of benzene rings is 1. The second kappa shape index (κ2) is 5.37. The van der Waals surface area contributed by atoms with Gasteiger partial charge in [0.1, 0.15) is 13.2 Å². The van der Waals surface area contributed by atoms with E-state index in [1.165, 1.54) is 25.7 Å². The average Bonchev–Trinajstić information content (AvgIpc) is 3.09. The number of fused-ring (bicyclic) bond motifs is 3. The molecule has 1 aliphatic heterocycles. The molecule has 3 aliphatic rings. The highest BCUT2D eigenvalue weighted by Crippen LogP contribution is 2.44. The van der Waals surface area contributed by atoms with Crippen molar-refractivity contribution < 1.29 is 9.47 Å². The highest BCUT2D eigenvalue weighted by molar-refractivity contribution is 7.80. The average molecular weight is 304 g/mol. The van der Waals surface area contributed by atoms with Crippen molar-refractivity contribution in [3.63, 3.8) is 0 Å². The van der Waals surface area contributed by atoms with E-state index in [4.69, 9.17) is 21.7 Å². The van der Waals surface area contributed by atoms with Gasteiger partial charge in [0.25, 0.3) is 0 Å². The van der Waals surface area contributed by atoms with E-state index in [-0.39, 0.29) is 0 Å². The molecule has 0 aromatic heterocycles. The van der Waals surface area contributed by atoms with Gasteiger partial charge in [0.2, 0.25) is 0 Å². The number of nitrogens with one attached hydrogen (secondary N) is 2. The van der Waals surface area contributed by atoms with Gasteiger partial charge in [-0.05, 0) is 55.4 Å². The molecular formula is C16H20N2O2S. The van der Waals surface area contributed by atoms with Crippen molar-refractivity contribution >= 4 is 23.0 Å². The number of thiocarbonyl (C=S) groups is 1. The number of ether oxygens (including phenoxy) is 2. The van der Waals surface area contributed by atoms with E-state index in [0.29, 0.717) is 24.4 Å². The first kappa shape index (κ1) is 13.2. The van der Waals surface area contributed by atoms with Crippen molar-refractivity contribution in [1.29, 1.82) is 0 Å². The standard InChI is InChI=1S/C16H20N2O2S/c21-16(18-13-8-10-1-2-11(13)7-10)17-12-3-4-14-15(9-12)20-6-5-19-14/h3-4,9-11,13H,1-2,5-8H2,(H2,17,18,21)/t10-,11+,13+/m0/s1. The predicted molar refractivity (Wildman–Crippen MR) is 86.0 cm³/mol. The maximum Gasteiger partial charge on any atom is 0.171 e. The zero-order valence-electron chi connectivity index (χ0n) is 11.9. The number of anilines is 1. The van der Waals surface area contributed by atoms with Crippen LogP contribution >= 0.6 is 12.2 Å². The SMILES string of the molecule is S=C(Nc1ccc2c(c1)OCCO2)N[C@@H]1C[C@H]2CC[C@@H]1C2. The minimum atomic E-state index is 0.556. The van der Waals surface area contributed by atoms with E-state index >= 15 is 0 Å². The quantitative estimate of drug-likeness (QED) is 0.822. The summed E-state index contributed by atoms with van der Waals surface area (Å²) in [7, 11) is 0. The summed E-state index contributed by atoms with van der Waals surface area (Å²) in [5.41, 5.74) is 0.944. The molecule has 1 heterocycles. The van der Waals surface area contributed by atoms with Crippen LogP contribution in [0.4, 0.5) is 5.69 Å². The lowest BCUT2D eigenvalue weighted by Crippen LogP contribution is -2.40. The summed E-state index contributed by atoms with van der Waals surface area (Å²) >= 11 is 5.45. The van der Waals surface area contributed by atoms with Gasteiger partial charge >= 0.3 is 0 Å². The van der Waals surface area contributed by atoms with E-state index in [2.05, 4.69) is 10.6 Å². The molecule has 2 aliphatic carbocycles. The Kier molecular flexibility index (Phi) is 3.37. The smallest absolute Gasteiger partial charge is 0.171 e. The minimum absolute atomic E-state index is 0.556. The van der Waals surface area contributed by atoms with Crippen LogP contribution in [0.5, 0.6) is 11.5 Å². The molecular weight excluding hydrogens is 284 g/mol. The molecule has 112 valence electrons. The Morgan fingerprint density at radius 2 is 1.95 bits per heavy atom. The molecule has 4 nitrogen and oxygen atoms in total. The number of hydrogen-bond donors (Lipinski definition) is 2. The van der Waals surface area contributed by atoms with Crippen LogP contribution in [0.25, 0.3) is 0 Å². The van der Waals surface area contributed by atoms with Crippen molar-refractivity contribution in [3.8, 4) is 11.5 Å². The second-order valence-corrected chi connectivity index (χ2v) is 6.65. The van der Waals surface area contributed by atoms with Crippen LogP contribution in [0, 0.1) is 11.8 Å². The highest BCUT2D eigenvalue weighted by atomic mass is 32.1. The molecule has 1 aromatic rings. The zero-order chi connectivity index (χ0) is 14.2. The summed E-state index contributed by atoms with van der Waals surface area (Å²) in [6.45, 7) is 1.22. The lowest BCUT2D eigenvalue weighted by Gasteiger charge is -2.25. The fourth-order valence-electron chi connectivity index (χ4n) is 3.88. The Balaban J connectivity index is 1.38. The molecule has 3 atom stereocenters. The van der Waals surface area contributed by atoms with Crippen LogP contribution in [0.2, 0.25) is 0 Å². The number of rotatable bonds is 2. The van der Waals surface area contributed by atoms with E-state index in [1.807, 2.05) is 18.2 Å². The molecule has 0 amide bonds. The van der Waals surface area contributed by atoms with Crippen LogP contribution in [-0.4, -0.2) is 24.4 Å². The molecule has 0 unspecified atom stereocenters. The zero-order valence-corrected chi connectivity index (χ0v) is 12.7. The molecule has 2 fully saturated rings. The lowest BCUT2D eigenvalue weighted by molar-refractivity contribution is 0.171. The fourth-order valence-corrected chi connectivity index (χ4v) is 4.15. The Morgan fingerprint density at radius 3 is 2.71 bits per heavy atom. The van der Waals surface area contributed by atoms with Crippen molar-refractivity contribution in [2.45, 2.75) is 31.7 Å². The molecule has 21 heavy (non-hydrogen) atoms. The van der Waals surface area contributed by atoms with Crippen molar-refractivity contribution in [2.75, 3.05) is 18.5 Å². The molecule has 0 saturated heterocycles. The molecule has 2 saturated carbocycles. The van der Waals surface area contributed by atoms with E-state index in [1.54, 1.807) is 0 Å². The van der Waals surface area contributed by atoms with Crippen LogP contribution in [0.3, 0.4) is 0 Å². The van der Waals surface area contributed by atoms with Crippen LogP contribution in [0.1, 0.15) is 25.7 Å². The minimum Gasteiger partial charge on any atom is -0.486 e. The summed E-state index contributed by atoms with van der Waals surface area (Å²) in [6.07, 6.45) is 5.41. The summed E-state index contributed by atoms with van der Waals surface area (Å²) in [4.78, 5) is 0. The second-order valence-electron chi connectivity index (χ2n) is 6.24. The summed E-state index contributed by atoms with van der Waals surface area (Å²) in [6, 6.07) is 6.41. The first-order valence-electron chi connectivity index (χ1n) is 7.75. The summed E-state index contributed by atoms with van der Waals surface area (Å²) in [5, 5.41) is 7.46.